The number of sulfone groups is 1. The van der Waals surface area contributed by atoms with E-state index in [1.165, 1.54) is 50.2 Å². The maximum Gasteiger partial charge on any atom is 0.573 e. The predicted octanol–water partition coefficient (Wildman–Crippen LogP) is 6.45. The number of hydrogen-bond acceptors (Lipinski definition) is 5. The fraction of sp³-hybridized carbons (Fsp3) is 0.200. The van der Waals surface area contributed by atoms with Crippen LogP contribution in [0.3, 0.4) is 0 Å². The van der Waals surface area contributed by atoms with Crippen LogP contribution in [0.1, 0.15) is 31.3 Å². The van der Waals surface area contributed by atoms with Crippen LogP contribution < -0.4 is 10.1 Å². The van der Waals surface area contributed by atoms with E-state index in [-0.39, 0.29) is 49.1 Å². The molecule has 1 unspecified atom stereocenters. The van der Waals surface area contributed by atoms with E-state index in [2.05, 4.69) is 20.0 Å². The summed E-state index contributed by atoms with van der Waals surface area (Å²) in [6.07, 6.45) is -4.93. The highest BCUT2D eigenvalue weighted by molar-refractivity contribution is 7.91. The van der Waals surface area contributed by atoms with E-state index < -0.39 is 28.0 Å². The first-order valence-electron chi connectivity index (χ1n) is 11.1. The minimum atomic E-state index is -4.93. The monoisotopic (exact) mass is 585 g/mol. The summed E-state index contributed by atoms with van der Waals surface area (Å²) in [5.41, 5.74) is 1.19. The van der Waals surface area contributed by atoms with Crippen molar-refractivity contribution in [3.8, 4) is 16.9 Å². The standard InChI is InChI=1S/C25H20Cl2F3N3O4S/c1-3-38(35,36)15-10-8-14(9-11-15)22(31-13(2)34)24-32-18-12-17(26)20(21(27)23(18)33-24)16-6-4-5-7-19(16)37-25(28,29)30/h4-12,22H,3H2,1-2H3,(H,31,34)(H,32,33). The Morgan fingerprint density at radius 3 is 2.39 bits per heavy atom. The van der Waals surface area contributed by atoms with E-state index in [1.807, 2.05) is 0 Å². The van der Waals surface area contributed by atoms with Crippen LogP contribution in [0.15, 0.2) is 59.5 Å². The molecule has 7 nitrogen and oxygen atoms in total. The molecule has 1 atom stereocenters. The summed E-state index contributed by atoms with van der Waals surface area (Å²) in [4.78, 5) is 19.7. The number of fused-ring (bicyclic) bond motifs is 1. The highest BCUT2D eigenvalue weighted by Gasteiger charge is 2.33. The van der Waals surface area contributed by atoms with Crippen LogP contribution in [0, 0.1) is 0 Å². The number of rotatable bonds is 7. The number of benzene rings is 3. The lowest BCUT2D eigenvalue weighted by molar-refractivity contribution is -0.274. The Hall–Kier alpha value is -3.28. The van der Waals surface area contributed by atoms with Crippen molar-refractivity contribution >= 4 is 50.0 Å². The maximum absolute atomic E-state index is 13.0. The third-order valence-corrected chi connectivity index (χ3v) is 8.06. The summed E-state index contributed by atoms with van der Waals surface area (Å²) >= 11 is 13.1. The molecule has 0 saturated heterocycles. The highest BCUT2D eigenvalue weighted by atomic mass is 35.5. The summed E-state index contributed by atoms with van der Waals surface area (Å²) in [6, 6.07) is 12.1. The van der Waals surface area contributed by atoms with Gasteiger partial charge in [-0.3, -0.25) is 4.79 Å². The number of para-hydroxylation sites is 1. The molecule has 2 N–H and O–H groups in total. The third-order valence-electron chi connectivity index (χ3n) is 5.64. The smallest absolute Gasteiger partial charge is 0.405 e. The van der Waals surface area contributed by atoms with Crippen LogP contribution in [0.5, 0.6) is 5.75 Å². The van der Waals surface area contributed by atoms with Crippen LogP contribution in [0.25, 0.3) is 22.2 Å². The average Bonchev–Trinajstić information content (AvgIpc) is 3.26. The largest absolute Gasteiger partial charge is 0.573 e. The lowest BCUT2D eigenvalue weighted by Crippen LogP contribution is -2.27. The Balaban J connectivity index is 1.83. The molecule has 1 aromatic heterocycles. The van der Waals surface area contributed by atoms with Crippen LogP contribution >= 0.6 is 23.2 Å². The topological polar surface area (TPSA) is 101 Å². The summed E-state index contributed by atoms with van der Waals surface area (Å²) in [5, 5.41) is 2.77. The fourth-order valence-electron chi connectivity index (χ4n) is 3.92. The van der Waals surface area contributed by atoms with Crippen molar-refractivity contribution in [2.45, 2.75) is 31.1 Å². The summed E-state index contributed by atoms with van der Waals surface area (Å²) < 4.78 is 67.5. The molecular formula is C25H20Cl2F3N3O4S. The van der Waals surface area contributed by atoms with Gasteiger partial charge in [0.15, 0.2) is 9.84 Å². The molecule has 4 aromatic rings. The molecule has 0 aliphatic rings. The number of carbonyl (C=O) groups is 1. The Kier molecular flexibility index (Phi) is 7.64. The second-order valence-corrected chi connectivity index (χ2v) is 11.3. The van der Waals surface area contributed by atoms with Crippen molar-refractivity contribution in [2.24, 2.45) is 0 Å². The SMILES string of the molecule is CCS(=O)(=O)c1ccc(C(NC(C)=O)c2nc3c(Cl)c(-c4ccccc4OC(F)(F)F)c(Cl)cc3[nH]2)cc1. The van der Waals surface area contributed by atoms with Crippen LogP contribution in [-0.2, 0) is 14.6 Å². The van der Waals surface area contributed by atoms with Gasteiger partial charge < -0.3 is 15.0 Å². The molecule has 0 bridgehead atoms. The van der Waals surface area contributed by atoms with E-state index in [0.29, 0.717) is 11.1 Å². The van der Waals surface area contributed by atoms with Gasteiger partial charge in [-0.05, 0) is 29.8 Å². The van der Waals surface area contributed by atoms with Crippen molar-refractivity contribution in [3.63, 3.8) is 0 Å². The molecule has 0 spiro atoms. The van der Waals surface area contributed by atoms with Gasteiger partial charge >= 0.3 is 6.36 Å². The van der Waals surface area contributed by atoms with E-state index >= 15 is 0 Å². The maximum atomic E-state index is 13.0. The number of hydrogen-bond donors (Lipinski definition) is 2. The van der Waals surface area contributed by atoms with Crippen molar-refractivity contribution in [1.29, 1.82) is 0 Å². The quantitative estimate of drug-likeness (QED) is 0.259. The minimum Gasteiger partial charge on any atom is -0.405 e. The molecule has 1 heterocycles. The van der Waals surface area contributed by atoms with Gasteiger partial charge in [0.1, 0.15) is 23.1 Å². The predicted molar refractivity (Wildman–Crippen MR) is 138 cm³/mol. The van der Waals surface area contributed by atoms with Crippen LogP contribution in [0.4, 0.5) is 13.2 Å². The first kappa shape index (κ1) is 27.7. The number of H-pyrrole nitrogens is 1. The fourth-order valence-corrected chi connectivity index (χ4v) is 5.50. The zero-order chi connectivity index (χ0) is 27.8. The zero-order valence-electron chi connectivity index (χ0n) is 19.9. The van der Waals surface area contributed by atoms with Crippen molar-refractivity contribution in [2.75, 3.05) is 5.75 Å². The van der Waals surface area contributed by atoms with Gasteiger partial charge in [-0.15, -0.1) is 13.2 Å². The molecule has 38 heavy (non-hydrogen) atoms. The zero-order valence-corrected chi connectivity index (χ0v) is 22.2. The molecule has 13 heteroatoms. The molecule has 1 amide bonds. The molecule has 0 aliphatic carbocycles. The van der Waals surface area contributed by atoms with Gasteiger partial charge in [0, 0.05) is 18.1 Å². The van der Waals surface area contributed by atoms with Crippen molar-refractivity contribution in [3.05, 3.63) is 76.0 Å². The van der Waals surface area contributed by atoms with Gasteiger partial charge in [-0.25, -0.2) is 13.4 Å². The number of amides is 1. The van der Waals surface area contributed by atoms with Crippen LogP contribution in [-0.4, -0.2) is 36.4 Å². The molecule has 200 valence electrons. The summed E-state index contributed by atoms with van der Waals surface area (Å²) in [7, 11) is -3.43. The van der Waals surface area contributed by atoms with Crippen molar-refractivity contribution in [1.82, 2.24) is 15.3 Å². The number of nitrogens with one attached hydrogen (secondary N) is 2. The normalized spacial score (nSPS) is 12.9. The van der Waals surface area contributed by atoms with Gasteiger partial charge in [-0.2, -0.15) is 0 Å². The van der Waals surface area contributed by atoms with Gasteiger partial charge in [0.05, 0.1) is 26.2 Å². The highest BCUT2D eigenvalue weighted by Crippen LogP contribution is 2.44. The number of carbonyl (C=O) groups excluding carboxylic acids is 1. The molecule has 0 radical (unpaired) electrons. The van der Waals surface area contributed by atoms with Crippen LogP contribution in [0.2, 0.25) is 10.0 Å². The van der Waals surface area contributed by atoms with Gasteiger partial charge in [-0.1, -0.05) is 60.5 Å². The molecule has 0 fully saturated rings. The number of halogens is 5. The minimum absolute atomic E-state index is 0.0115. The number of nitrogens with zero attached hydrogens (tertiary/aromatic N) is 1. The summed E-state index contributed by atoms with van der Waals surface area (Å²) in [6.45, 7) is 2.85. The van der Waals surface area contributed by atoms with E-state index in [4.69, 9.17) is 23.2 Å². The molecule has 0 saturated carbocycles. The first-order chi connectivity index (χ1) is 17.8. The molecule has 4 rings (SSSR count). The Morgan fingerprint density at radius 2 is 1.79 bits per heavy atom. The number of aromatic nitrogens is 2. The number of imidazole rings is 1. The molecular weight excluding hydrogens is 566 g/mol. The number of aromatic amines is 1. The second kappa shape index (κ2) is 10.5. The van der Waals surface area contributed by atoms with E-state index in [1.54, 1.807) is 12.1 Å². The lowest BCUT2D eigenvalue weighted by atomic mass is 10.0. The third kappa shape index (κ3) is 5.74. The Labute approximate surface area is 225 Å². The summed E-state index contributed by atoms with van der Waals surface area (Å²) in [5.74, 6) is -0.693. The average molecular weight is 586 g/mol. The number of ether oxygens (including phenoxy) is 1. The Morgan fingerprint density at radius 1 is 1.13 bits per heavy atom. The second-order valence-electron chi connectivity index (χ2n) is 8.22. The van der Waals surface area contributed by atoms with Gasteiger partial charge in [0.25, 0.3) is 0 Å². The molecule has 0 aliphatic heterocycles. The lowest BCUT2D eigenvalue weighted by Gasteiger charge is -2.16. The van der Waals surface area contributed by atoms with Gasteiger partial charge in [0.2, 0.25) is 5.91 Å². The molecule has 3 aromatic carbocycles. The van der Waals surface area contributed by atoms with Crippen molar-refractivity contribution < 1.29 is 31.1 Å². The van der Waals surface area contributed by atoms with E-state index in [0.717, 1.165) is 6.07 Å². The van der Waals surface area contributed by atoms with E-state index in [9.17, 15) is 26.4 Å². The number of alkyl halides is 3. The first-order valence-corrected chi connectivity index (χ1v) is 13.5. The Bertz CT molecular complexity index is 1620.